The van der Waals surface area contributed by atoms with Crippen molar-refractivity contribution in [3.63, 3.8) is 0 Å². The number of fused-ring (bicyclic) bond motifs is 1. The third kappa shape index (κ3) is 4.63. The van der Waals surface area contributed by atoms with Gasteiger partial charge in [-0.2, -0.15) is 0 Å². The molecule has 0 saturated carbocycles. The third-order valence-electron chi connectivity index (χ3n) is 6.49. The van der Waals surface area contributed by atoms with Crippen LogP contribution in [0.4, 0.5) is 0 Å². The normalized spacial score (nSPS) is 15.4. The summed E-state index contributed by atoms with van der Waals surface area (Å²) in [6, 6.07) is 15.9. The standard InChI is InChI=1S/C27H29N3O3/c1-18-8-9-23-21(15-26(31)33-25(23)14-18)16-29-10-12-30(13-11-29)17-24-20(3)32-27(28-24)22-7-5-4-6-19(22)2/h4-9,14-15H,10-13,16-17H2,1-3H3. The van der Waals surface area contributed by atoms with Crippen molar-refractivity contribution >= 4 is 11.0 Å². The SMILES string of the molecule is Cc1ccc2c(CN3CCN(Cc4nc(-c5ccccc5C)oc4C)CC3)cc(=O)oc2c1. The van der Waals surface area contributed by atoms with Crippen molar-refractivity contribution in [3.05, 3.63) is 87.1 Å². The Morgan fingerprint density at radius 1 is 0.879 bits per heavy atom. The first-order chi connectivity index (χ1) is 16.0. The number of benzene rings is 2. The Hall–Kier alpha value is -3.22. The van der Waals surface area contributed by atoms with Crippen LogP contribution in [-0.4, -0.2) is 41.0 Å². The Kier molecular flexibility index (Phi) is 5.87. The summed E-state index contributed by atoms with van der Waals surface area (Å²) < 4.78 is 11.4. The fourth-order valence-electron chi connectivity index (χ4n) is 4.53. The number of hydrogen-bond donors (Lipinski definition) is 0. The molecular formula is C27H29N3O3. The average Bonchev–Trinajstić information content (AvgIpc) is 3.15. The number of rotatable bonds is 5. The smallest absolute Gasteiger partial charge is 0.336 e. The number of aryl methyl sites for hydroxylation is 3. The maximum absolute atomic E-state index is 12.1. The van der Waals surface area contributed by atoms with E-state index in [0.717, 1.165) is 78.4 Å². The minimum atomic E-state index is -0.285. The summed E-state index contributed by atoms with van der Waals surface area (Å²) >= 11 is 0. The zero-order valence-corrected chi connectivity index (χ0v) is 19.4. The summed E-state index contributed by atoms with van der Waals surface area (Å²) in [7, 11) is 0. The van der Waals surface area contributed by atoms with E-state index in [9.17, 15) is 4.79 Å². The first-order valence-electron chi connectivity index (χ1n) is 11.5. The van der Waals surface area contributed by atoms with Crippen LogP contribution in [0.2, 0.25) is 0 Å². The molecule has 0 N–H and O–H groups in total. The Morgan fingerprint density at radius 2 is 1.61 bits per heavy atom. The van der Waals surface area contributed by atoms with Gasteiger partial charge in [0.05, 0.1) is 5.69 Å². The minimum Gasteiger partial charge on any atom is -0.441 e. The number of aromatic nitrogens is 1. The number of oxazole rings is 1. The van der Waals surface area contributed by atoms with Gasteiger partial charge in [0.2, 0.25) is 5.89 Å². The molecule has 0 amide bonds. The van der Waals surface area contributed by atoms with Gasteiger partial charge in [0, 0.05) is 56.3 Å². The van der Waals surface area contributed by atoms with Crippen molar-refractivity contribution in [1.29, 1.82) is 0 Å². The van der Waals surface area contributed by atoms with E-state index in [0.29, 0.717) is 11.5 Å². The van der Waals surface area contributed by atoms with E-state index in [2.05, 4.69) is 41.0 Å². The summed E-state index contributed by atoms with van der Waals surface area (Å²) in [5.74, 6) is 1.58. The molecule has 6 heteroatoms. The summed E-state index contributed by atoms with van der Waals surface area (Å²) in [6.45, 7) is 11.4. The van der Waals surface area contributed by atoms with Gasteiger partial charge in [-0.05, 0) is 49.6 Å². The molecule has 4 aromatic rings. The topological polar surface area (TPSA) is 62.7 Å². The van der Waals surface area contributed by atoms with E-state index in [1.165, 1.54) is 0 Å². The van der Waals surface area contributed by atoms with E-state index >= 15 is 0 Å². The van der Waals surface area contributed by atoms with Crippen LogP contribution in [0.3, 0.4) is 0 Å². The van der Waals surface area contributed by atoms with Crippen LogP contribution in [0.5, 0.6) is 0 Å². The van der Waals surface area contributed by atoms with Gasteiger partial charge < -0.3 is 8.83 Å². The molecule has 0 unspecified atom stereocenters. The molecule has 0 aliphatic carbocycles. The van der Waals surface area contributed by atoms with Crippen LogP contribution < -0.4 is 5.63 Å². The second-order valence-electron chi connectivity index (χ2n) is 8.98. The fraction of sp³-hybridized carbons (Fsp3) is 0.333. The molecule has 3 heterocycles. The van der Waals surface area contributed by atoms with Crippen molar-refractivity contribution < 1.29 is 8.83 Å². The molecule has 1 fully saturated rings. The quantitative estimate of drug-likeness (QED) is 0.417. The molecule has 1 saturated heterocycles. The van der Waals surface area contributed by atoms with Gasteiger partial charge in [-0.15, -0.1) is 0 Å². The molecule has 0 bridgehead atoms. The summed E-state index contributed by atoms with van der Waals surface area (Å²) in [6.07, 6.45) is 0. The zero-order chi connectivity index (χ0) is 22.9. The van der Waals surface area contributed by atoms with Gasteiger partial charge in [0.1, 0.15) is 11.3 Å². The molecule has 1 aliphatic heterocycles. The van der Waals surface area contributed by atoms with Gasteiger partial charge >= 0.3 is 5.63 Å². The second kappa shape index (κ2) is 8.96. The minimum absolute atomic E-state index is 0.285. The van der Waals surface area contributed by atoms with Crippen LogP contribution in [-0.2, 0) is 13.1 Å². The van der Waals surface area contributed by atoms with E-state index < -0.39 is 0 Å². The third-order valence-corrected chi connectivity index (χ3v) is 6.49. The highest BCUT2D eigenvalue weighted by Crippen LogP contribution is 2.26. The van der Waals surface area contributed by atoms with Crippen molar-refractivity contribution in [1.82, 2.24) is 14.8 Å². The summed E-state index contributed by atoms with van der Waals surface area (Å²) in [4.78, 5) is 21.7. The first-order valence-corrected chi connectivity index (χ1v) is 11.5. The van der Waals surface area contributed by atoms with E-state index in [1.54, 1.807) is 6.07 Å². The number of hydrogen-bond acceptors (Lipinski definition) is 6. The highest BCUT2D eigenvalue weighted by Gasteiger charge is 2.21. The predicted octanol–water partition coefficient (Wildman–Crippen LogP) is 4.69. The van der Waals surface area contributed by atoms with Crippen LogP contribution in [0.15, 0.2) is 62.2 Å². The lowest BCUT2D eigenvalue weighted by atomic mass is 10.1. The number of piperazine rings is 1. The Labute approximate surface area is 193 Å². The Morgan fingerprint density at radius 3 is 2.36 bits per heavy atom. The molecule has 1 aliphatic rings. The molecule has 170 valence electrons. The molecule has 0 radical (unpaired) electrons. The Balaban J connectivity index is 1.24. The molecule has 5 rings (SSSR count). The highest BCUT2D eigenvalue weighted by molar-refractivity contribution is 5.80. The van der Waals surface area contributed by atoms with Gasteiger partial charge in [-0.25, -0.2) is 9.78 Å². The van der Waals surface area contributed by atoms with Gasteiger partial charge in [-0.3, -0.25) is 9.80 Å². The maximum atomic E-state index is 12.1. The van der Waals surface area contributed by atoms with E-state index in [4.69, 9.17) is 13.8 Å². The molecule has 2 aromatic heterocycles. The Bertz CT molecular complexity index is 1350. The fourth-order valence-corrected chi connectivity index (χ4v) is 4.53. The van der Waals surface area contributed by atoms with Crippen LogP contribution in [0.1, 0.15) is 28.1 Å². The maximum Gasteiger partial charge on any atom is 0.336 e. The monoisotopic (exact) mass is 443 g/mol. The van der Waals surface area contributed by atoms with E-state index in [1.807, 2.05) is 32.0 Å². The van der Waals surface area contributed by atoms with Crippen LogP contribution >= 0.6 is 0 Å². The van der Waals surface area contributed by atoms with Crippen molar-refractivity contribution in [3.8, 4) is 11.5 Å². The first kappa shape index (κ1) is 21.6. The molecule has 0 spiro atoms. The van der Waals surface area contributed by atoms with Crippen molar-refractivity contribution in [2.75, 3.05) is 26.2 Å². The van der Waals surface area contributed by atoms with Gasteiger partial charge in [-0.1, -0.05) is 30.3 Å². The summed E-state index contributed by atoms with van der Waals surface area (Å²) in [5, 5.41) is 1.02. The molecule has 33 heavy (non-hydrogen) atoms. The lowest BCUT2D eigenvalue weighted by molar-refractivity contribution is 0.121. The van der Waals surface area contributed by atoms with Crippen molar-refractivity contribution in [2.45, 2.75) is 33.9 Å². The zero-order valence-electron chi connectivity index (χ0n) is 19.4. The molecule has 0 atom stereocenters. The average molecular weight is 444 g/mol. The van der Waals surface area contributed by atoms with E-state index in [-0.39, 0.29) is 5.63 Å². The molecule has 2 aromatic carbocycles. The lowest BCUT2D eigenvalue weighted by Gasteiger charge is -2.34. The number of nitrogens with zero attached hydrogens (tertiary/aromatic N) is 3. The molecule has 6 nitrogen and oxygen atoms in total. The second-order valence-corrected chi connectivity index (χ2v) is 8.98. The highest BCUT2D eigenvalue weighted by atomic mass is 16.4. The predicted molar refractivity (Wildman–Crippen MR) is 129 cm³/mol. The lowest BCUT2D eigenvalue weighted by Crippen LogP contribution is -2.45. The largest absolute Gasteiger partial charge is 0.441 e. The summed E-state index contributed by atoms with van der Waals surface area (Å²) in [5.41, 5.74) is 5.72. The van der Waals surface area contributed by atoms with Crippen LogP contribution in [0, 0.1) is 20.8 Å². The van der Waals surface area contributed by atoms with Gasteiger partial charge in [0.15, 0.2) is 0 Å². The van der Waals surface area contributed by atoms with Crippen molar-refractivity contribution in [2.24, 2.45) is 0 Å². The molecular weight excluding hydrogens is 414 g/mol. The van der Waals surface area contributed by atoms with Crippen LogP contribution in [0.25, 0.3) is 22.4 Å². The van der Waals surface area contributed by atoms with Gasteiger partial charge in [0.25, 0.3) is 0 Å².